The molecule has 1 aromatic carbocycles. The van der Waals surface area contributed by atoms with Crippen molar-refractivity contribution in [1.29, 1.82) is 0 Å². The molecule has 0 heterocycles. The van der Waals surface area contributed by atoms with Crippen LogP contribution in [-0.2, 0) is 0 Å². The van der Waals surface area contributed by atoms with Crippen LogP contribution in [0.5, 0.6) is 0 Å². The summed E-state index contributed by atoms with van der Waals surface area (Å²) in [6, 6.07) is 6.19. The highest BCUT2D eigenvalue weighted by atomic mass is 35.5. The monoisotopic (exact) mass is 256 g/mol. The third-order valence-electron chi connectivity index (χ3n) is 2.42. The van der Waals surface area contributed by atoms with Crippen LogP contribution >= 0.6 is 23.8 Å². The summed E-state index contributed by atoms with van der Waals surface area (Å²) in [6.45, 7) is 6.18. The van der Waals surface area contributed by atoms with E-state index in [0.717, 1.165) is 22.7 Å². The lowest BCUT2D eigenvalue weighted by Gasteiger charge is -2.15. The number of hydrogen-bond donors (Lipinski definition) is 2. The second kappa shape index (κ2) is 6.06. The van der Waals surface area contributed by atoms with Crippen LogP contribution in [0.4, 0.5) is 5.69 Å². The number of thiocarbonyl (C=S) groups is 1. The fourth-order valence-electron chi connectivity index (χ4n) is 1.16. The minimum absolute atomic E-state index is 0.376. The van der Waals surface area contributed by atoms with Crippen molar-refractivity contribution >= 4 is 34.6 Å². The van der Waals surface area contributed by atoms with Crippen LogP contribution in [0.15, 0.2) is 18.2 Å². The maximum Gasteiger partial charge on any atom is 0.170 e. The highest BCUT2D eigenvalue weighted by molar-refractivity contribution is 7.80. The van der Waals surface area contributed by atoms with E-state index in [2.05, 4.69) is 24.5 Å². The molecule has 0 aliphatic rings. The summed E-state index contributed by atoms with van der Waals surface area (Å²) in [5, 5.41) is 7.68. The highest BCUT2D eigenvalue weighted by Gasteiger charge is 2.03. The molecule has 0 spiro atoms. The van der Waals surface area contributed by atoms with Crippen LogP contribution in [0.2, 0.25) is 5.02 Å². The van der Waals surface area contributed by atoms with Gasteiger partial charge in [0.05, 0.1) is 0 Å². The van der Waals surface area contributed by atoms with Crippen LogP contribution in [0.25, 0.3) is 0 Å². The van der Waals surface area contributed by atoms with Gasteiger partial charge in [-0.2, -0.15) is 0 Å². The molecular formula is C12H17ClN2S. The number of anilines is 1. The number of hydrogen-bond acceptors (Lipinski definition) is 1. The smallest absolute Gasteiger partial charge is 0.170 e. The zero-order chi connectivity index (χ0) is 12.1. The molecule has 0 saturated heterocycles. The number of halogens is 1. The second-order valence-electron chi connectivity index (χ2n) is 3.87. The SMILES string of the molecule is CC[C@@H](C)NC(=S)Nc1ccc(C)c(Cl)c1. The minimum atomic E-state index is 0.376. The van der Waals surface area contributed by atoms with Gasteiger partial charge < -0.3 is 10.6 Å². The molecule has 4 heteroatoms. The Labute approximate surface area is 107 Å². The van der Waals surface area contributed by atoms with E-state index >= 15 is 0 Å². The van der Waals surface area contributed by atoms with Crippen LogP contribution in [-0.4, -0.2) is 11.2 Å². The molecule has 0 fully saturated rings. The molecule has 0 saturated carbocycles. The molecule has 2 N–H and O–H groups in total. The lowest BCUT2D eigenvalue weighted by atomic mass is 10.2. The molecule has 0 aliphatic heterocycles. The highest BCUT2D eigenvalue weighted by Crippen LogP contribution is 2.19. The van der Waals surface area contributed by atoms with E-state index in [1.54, 1.807) is 0 Å². The summed E-state index contributed by atoms with van der Waals surface area (Å²) in [5.41, 5.74) is 1.98. The Morgan fingerprint density at radius 1 is 1.50 bits per heavy atom. The standard InChI is InChI=1S/C12H17ClN2S/c1-4-9(3)14-12(16)15-10-6-5-8(2)11(13)7-10/h5-7,9H,4H2,1-3H3,(H2,14,15,16)/t9-/m1/s1. The summed E-state index contributed by atoms with van der Waals surface area (Å²) in [7, 11) is 0. The zero-order valence-electron chi connectivity index (χ0n) is 9.80. The molecule has 0 aliphatic carbocycles. The van der Waals surface area contributed by atoms with Gasteiger partial charge in [-0.15, -0.1) is 0 Å². The topological polar surface area (TPSA) is 24.1 Å². The maximum absolute atomic E-state index is 6.03. The van der Waals surface area contributed by atoms with Gasteiger partial charge in [-0.3, -0.25) is 0 Å². The zero-order valence-corrected chi connectivity index (χ0v) is 11.4. The maximum atomic E-state index is 6.03. The predicted molar refractivity (Wildman–Crippen MR) is 75.3 cm³/mol. The summed E-state index contributed by atoms with van der Waals surface area (Å²) in [5.74, 6) is 0. The van der Waals surface area contributed by atoms with Crippen molar-refractivity contribution in [1.82, 2.24) is 5.32 Å². The van der Waals surface area contributed by atoms with Gasteiger partial charge in [0.25, 0.3) is 0 Å². The van der Waals surface area contributed by atoms with E-state index in [9.17, 15) is 0 Å². The van der Waals surface area contributed by atoms with Crippen molar-refractivity contribution < 1.29 is 0 Å². The third-order valence-corrected chi connectivity index (χ3v) is 3.05. The number of benzene rings is 1. The average Bonchev–Trinajstić information content (AvgIpc) is 2.23. The first-order valence-corrected chi connectivity index (χ1v) is 6.15. The van der Waals surface area contributed by atoms with Crippen molar-refractivity contribution in [3.05, 3.63) is 28.8 Å². The molecule has 0 aromatic heterocycles. The molecule has 1 rings (SSSR count). The van der Waals surface area contributed by atoms with E-state index in [4.69, 9.17) is 23.8 Å². The summed E-state index contributed by atoms with van der Waals surface area (Å²) >= 11 is 11.2. The fourth-order valence-corrected chi connectivity index (χ4v) is 1.66. The molecule has 0 bridgehead atoms. The van der Waals surface area contributed by atoms with Crippen molar-refractivity contribution in [2.75, 3.05) is 5.32 Å². The van der Waals surface area contributed by atoms with Crippen LogP contribution in [0.1, 0.15) is 25.8 Å². The summed E-state index contributed by atoms with van der Waals surface area (Å²) in [4.78, 5) is 0. The van der Waals surface area contributed by atoms with E-state index in [1.807, 2.05) is 25.1 Å². The van der Waals surface area contributed by atoms with E-state index < -0.39 is 0 Å². The van der Waals surface area contributed by atoms with Gasteiger partial charge in [0.2, 0.25) is 0 Å². The van der Waals surface area contributed by atoms with Gasteiger partial charge in [-0.05, 0) is 50.2 Å². The molecule has 1 aromatic rings. The molecule has 0 unspecified atom stereocenters. The summed E-state index contributed by atoms with van der Waals surface area (Å²) in [6.07, 6.45) is 1.04. The predicted octanol–water partition coefficient (Wildman–Crippen LogP) is 3.73. The fraction of sp³-hybridized carbons (Fsp3) is 0.417. The molecule has 0 amide bonds. The normalized spacial score (nSPS) is 12.0. The van der Waals surface area contributed by atoms with Gasteiger partial charge in [0.15, 0.2) is 5.11 Å². The largest absolute Gasteiger partial charge is 0.360 e. The Bertz CT molecular complexity index is 379. The molecule has 88 valence electrons. The Hall–Kier alpha value is -0.800. The number of rotatable bonds is 3. The number of nitrogens with one attached hydrogen (secondary N) is 2. The first-order chi connectivity index (χ1) is 7.52. The van der Waals surface area contributed by atoms with Gasteiger partial charge in [0, 0.05) is 16.8 Å². The van der Waals surface area contributed by atoms with Gasteiger partial charge in [-0.25, -0.2) is 0 Å². The molecule has 2 nitrogen and oxygen atoms in total. The lowest BCUT2D eigenvalue weighted by Crippen LogP contribution is -2.35. The second-order valence-corrected chi connectivity index (χ2v) is 4.69. The number of aryl methyl sites for hydroxylation is 1. The molecule has 16 heavy (non-hydrogen) atoms. The van der Waals surface area contributed by atoms with E-state index in [0.29, 0.717) is 11.2 Å². The Morgan fingerprint density at radius 3 is 2.75 bits per heavy atom. The quantitative estimate of drug-likeness (QED) is 0.806. The van der Waals surface area contributed by atoms with Crippen molar-refractivity contribution in [2.45, 2.75) is 33.2 Å². The average molecular weight is 257 g/mol. The van der Waals surface area contributed by atoms with Crippen LogP contribution < -0.4 is 10.6 Å². The Kier molecular flexibility index (Phi) is 5.03. The Morgan fingerprint density at radius 2 is 2.19 bits per heavy atom. The van der Waals surface area contributed by atoms with Gasteiger partial charge in [0.1, 0.15) is 0 Å². The first kappa shape index (κ1) is 13.3. The molecule has 1 atom stereocenters. The van der Waals surface area contributed by atoms with Crippen LogP contribution in [0, 0.1) is 6.92 Å². The van der Waals surface area contributed by atoms with E-state index in [1.165, 1.54) is 0 Å². The van der Waals surface area contributed by atoms with Gasteiger partial charge in [-0.1, -0.05) is 24.6 Å². The van der Waals surface area contributed by atoms with Crippen molar-refractivity contribution in [3.8, 4) is 0 Å². The van der Waals surface area contributed by atoms with Crippen LogP contribution in [0.3, 0.4) is 0 Å². The first-order valence-electron chi connectivity index (χ1n) is 5.36. The lowest BCUT2D eigenvalue weighted by molar-refractivity contribution is 0.646. The molecular weight excluding hydrogens is 240 g/mol. The minimum Gasteiger partial charge on any atom is -0.360 e. The Balaban J connectivity index is 2.59. The summed E-state index contributed by atoms with van der Waals surface area (Å²) < 4.78 is 0. The van der Waals surface area contributed by atoms with Crippen molar-refractivity contribution in [3.63, 3.8) is 0 Å². The third kappa shape index (κ3) is 3.99. The van der Waals surface area contributed by atoms with Gasteiger partial charge >= 0.3 is 0 Å². The van der Waals surface area contributed by atoms with E-state index in [-0.39, 0.29) is 0 Å². The molecule has 0 radical (unpaired) electrons. The van der Waals surface area contributed by atoms with Crippen molar-refractivity contribution in [2.24, 2.45) is 0 Å².